The Balaban J connectivity index is 1.45. The van der Waals surface area contributed by atoms with Crippen molar-refractivity contribution < 1.29 is 24.0 Å². The summed E-state index contributed by atoms with van der Waals surface area (Å²) in [6, 6.07) is 20.6. The lowest BCUT2D eigenvalue weighted by Gasteiger charge is -2.13. The van der Waals surface area contributed by atoms with E-state index in [1.807, 2.05) is 31.2 Å². The van der Waals surface area contributed by atoms with E-state index >= 15 is 0 Å². The molecule has 3 aromatic rings. The molecule has 0 unspecified atom stereocenters. The van der Waals surface area contributed by atoms with Crippen molar-refractivity contribution in [3.63, 3.8) is 0 Å². The molecule has 0 fully saturated rings. The molecule has 3 aromatic carbocycles. The van der Waals surface area contributed by atoms with Gasteiger partial charge in [-0.2, -0.15) is 0 Å². The number of carbonyl (C=O) groups excluding carboxylic acids is 3. The number of nitrogens with zero attached hydrogens (tertiary/aromatic N) is 1. The molecule has 144 valence electrons. The molecule has 0 aromatic heterocycles. The Morgan fingerprint density at radius 2 is 1.55 bits per heavy atom. The Morgan fingerprint density at radius 1 is 0.862 bits per heavy atom. The molecule has 6 heteroatoms. The van der Waals surface area contributed by atoms with Crippen LogP contribution in [0, 0.1) is 6.92 Å². The maximum atomic E-state index is 12.5. The predicted octanol–water partition coefficient (Wildman–Crippen LogP) is 3.94. The zero-order valence-corrected chi connectivity index (χ0v) is 15.6. The molecule has 1 aliphatic rings. The van der Waals surface area contributed by atoms with E-state index in [-0.39, 0.29) is 16.7 Å². The largest absolute Gasteiger partial charge is 0.489 e. The van der Waals surface area contributed by atoms with E-state index in [1.165, 1.54) is 24.3 Å². The van der Waals surface area contributed by atoms with Gasteiger partial charge >= 0.3 is 5.97 Å². The van der Waals surface area contributed by atoms with Crippen molar-refractivity contribution in [1.82, 2.24) is 5.06 Å². The predicted molar refractivity (Wildman–Crippen MR) is 104 cm³/mol. The van der Waals surface area contributed by atoms with Gasteiger partial charge in [0.2, 0.25) is 0 Å². The van der Waals surface area contributed by atoms with Crippen LogP contribution in [0.4, 0.5) is 0 Å². The number of hydrogen-bond acceptors (Lipinski definition) is 5. The van der Waals surface area contributed by atoms with E-state index in [9.17, 15) is 14.4 Å². The summed E-state index contributed by atoms with van der Waals surface area (Å²) >= 11 is 0. The lowest BCUT2D eigenvalue weighted by atomic mass is 10.1. The molecule has 0 atom stereocenters. The molecule has 4 rings (SSSR count). The molecular formula is C23H17NO5. The van der Waals surface area contributed by atoms with Crippen molar-refractivity contribution >= 4 is 17.8 Å². The Bertz CT molecular complexity index is 1090. The van der Waals surface area contributed by atoms with Crippen LogP contribution in [-0.4, -0.2) is 22.8 Å². The topological polar surface area (TPSA) is 72.9 Å². The number of rotatable bonds is 5. The maximum absolute atomic E-state index is 12.5. The third-order valence-electron chi connectivity index (χ3n) is 4.49. The summed E-state index contributed by atoms with van der Waals surface area (Å²) in [4.78, 5) is 42.2. The summed E-state index contributed by atoms with van der Waals surface area (Å²) in [7, 11) is 0. The number of hydrogen-bond donors (Lipinski definition) is 0. The van der Waals surface area contributed by atoms with Gasteiger partial charge in [-0.15, -0.1) is 0 Å². The Morgan fingerprint density at radius 3 is 2.24 bits per heavy atom. The smallest absolute Gasteiger partial charge is 0.364 e. The minimum Gasteiger partial charge on any atom is -0.489 e. The second kappa shape index (κ2) is 7.59. The Labute approximate surface area is 167 Å². The van der Waals surface area contributed by atoms with Crippen LogP contribution in [0.5, 0.6) is 5.75 Å². The Kier molecular flexibility index (Phi) is 4.83. The quantitative estimate of drug-likeness (QED) is 0.620. The highest BCUT2D eigenvalue weighted by Gasteiger charge is 2.38. The van der Waals surface area contributed by atoms with Gasteiger partial charge in [-0.1, -0.05) is 53.1 Å². The van der Waals surface area contributed by atoms with E-state index in [2.05, 4.69) is 0 Å². The molecule has 0 aliphatic carbocycles. The van der Waals surface area contributed by atoms with E-state index in [0.717, 1.165) is 11.1 Å². The van der Waals surface area contributed by atoms with E-state index in [4.69, 9.17) is 9.57 Å². The van der Waals surface area contributed by atoms with Crippen molar-refractivity contribution in [3.8, 4) is 5.75 Å². The first-order valence-corrected chi connectivity index (χ1v) is 9.01. The third-order valence-corrected chi connectivity index (χ3v) is 4.49. The van der Waals surface area contributed by atoms with Crippen molar-refractivity contribution in [2.24, 2.45) is 0 Å². The molecule has 2 amide bonds. The van der Waals surface area contributed by atoms with Crippen LogP contribution >= 0.6 is 0 Å². The lowest BCUT2D eigenvalue weighted by Crippen LogP contribution is -2.32. The standard InChI is InChI=1S/C23H17NO5/c1-15-6-4-7-16(12-15)14-28-18-9-5-8-17(13-18)23(27)29-24-21(25)19-10-2-3-11-20(19)22(24)26/h2-13H,14H2,1H3. The minimum absolute atomic E-state index is 0.170. The first-order valence-electron chi connectivity index (χ1n) is 9.01. The van der Waals surface area contributed by atoms with Gasteiger partial charge in [0.1, 0.15) is 12.4 Å². The molecule has 0 saturated carbocycles. The molecule has 0 spiro atoms. The summed E-state index contributed by atoms with van der Waals surface area (Å²) in [5.41, 5.74) is 2.72. The van der Waals surface area contributed by atoms with Crippen molar-refractivity contribution in [2.45, 2.75) is 13.5 Å². The third kappa shape index (κ3) is 3.73. The number of hydroxylamine groups is 2. The summed E-state index contributed by atoms with van der Waals surface area (Å²) in [6.07, 6.45) is 0. The number of amides is 2. The molecule has 0 saturated heterocycles. The van der Waals surface area contributed by atoms with Crippen molar-refractivity contribution in [3.05, 3.63) is 101 Å². The molecule has 0 bridgehead atoms. The van der Waals surface area contributed by atoms with Crippen LogP contribution in [0.15, 0.2) is 72.8 Å². The van der Waals surface area contributed by atoms with Gasteiger partial charge in [0, 0.05) is 0 Å². The lowest BCUT2D eigenvalue weighted by molar-refractivity contribution is -0.0584. The van der Waals surface area contributed by atoms with Gasteiger partial charge in [0.15, 0.2) is 0 Å². The average Bonchev–Trinajstić information content (AvgIpc) is 2.98. The number of ether oxygens (including phenoxy) is 1. The second-order valence-corrected chi connectivity index (χ2v) is 6.63. The summed E-state index contributed by atoms with van der Waals surface area (Å²) in [5.74, 6) is -1.67. The molecule has 6 nitrogen and oxygen atoms in total. The number of fused-ring (bicyclic) bond motifs is 1. The summed E-state index contributed by atoms with van der Waals surface area (Å²) in [6.45, 7) is 2.35. The highest BCUT2D eigenvalue weighted by atomic mass is 16.7. The molecule has 29 heavy (non-hydrogen) atoms. The normalized spacial score (nSPS) is 12.7. The molecule has 0 radical (unpaired) electrons. The number of benzene rings is 3. The fourth-order valence-corrected chi connectivity index (χ4v) is 3.07. The van der Waals surface area contributed by atoms with Crippen LogP contribution in [0.25, 0.3) is 0 Å². The number of imide groups is 1. The van der Waals surface area contributed by atoms with Crippen molar-refractivity contribution in [1.29, 1.82) is 0 Å². The monoisotopic (exact) mass is 387 g/mol. The van der Waals surface area contributed by atoms with E-state index < -0.39 is 17.8 Å². The van der Waals surface area contributed by atoms with Crippen molar-refractivity contribution in [2.75, 3.05) is 0 Å². The number of carbonyl (C=O) groups is 3. The summed E-state index contributed by atoms with van der Waals surface area (Å²) < 4.78 is 5.75. The molecule has 1 heterocycles. The SMILES string of the molecule is Cc1cccc(COc2cccc(C(=O)ON3C(=O)c4ccccc4C3=O)c2)c1. The van der Waals surface area contributed by atoms with Crippen LogP contribution in [0.2, 0.25) is 0 Å². The molecule has 1 aliphatic heterocycles. The minimum atomic E-state index is -0.819. The van der Waals surface area contributed by atoms with Crippen LogP contribution in [-0.2, 0) is 11.4 Å². The van der Waals surface area contributed by atoms with Crippen LogP contribution in [0.1, 0.15) is 42.2 Å². The molecule has 0 N–H and O–H groups in total. The summed E-state index contributed by atoms with van der Waals surface area (Å²) in [5, 5.41) is 0.493. The first-order chi connectivity index (χ1) is 14.0. The Hall–Kier alpha value is -3.93. The number of aryl methyl sites for hydroxylation is 1. The average molecular weight is 387 g/mol. The maximum Gasteiger partial charge on any atom is 0.364 e. The highest BCUT2D eigenvalue weighted by Crippen LogP contribution is 2.24. The van der Waals surface area contributed by atoms with E-state index in [1.54, 1.807) is 24.3 Å². The fraction of sp³-hybridized carbons (Fsp3) is 0.0870. The van der Waals surface area contributed by atoms with Crippen LogP contribution in [0.3, 0.4) is 0 Å². The van der Waals surface area contributed by atoms with E-state index in [0.29, 0.717) is 17.4 Å². The highest BCUT2D eigenvalue weighted by molar-refractivity contribution is 6.21. The second-order valence-electron chi connectivity index (χ2n) is 6.63. The van der Waals surface area contributed by atoms with Gasteiger partial charge in [-0.3, -0.25) is 9.59 Å². The van der Waals surface area contributed by atoms with Gasteiger partial charge in [0.05, 0.1) is 16.7 Å². The van der Waals surface area contributed by atoms with Gasteiger partial charge in [-0.25, -0.2) is 4.79 Å². The zero-order chi connectivity index (χ0) is 20.4. The zero-order valence-electron chi connectivity index (χ0n) is 15.6. The first kappa shape index (κ1) is 18.4. The van der Waals surface area contributed by atoms with Gasteiger partial charge in [0.25, 0.3) is 11.8 Å². The molecular weight excluding hydrogens is 370 g/mol. The van der Waals surface area contributed by atoms with Gasteiger partial charge in [-0.05, 0) is 42.8 Å². The fourth-order valence-electron chi connectivity index (χ4n) is 3.07. The van der Waals surface area contributed by atoms with Gasteiger partial charge < -0.3 is 9.57 Å². The van der Waals surface area contributed by atoms with Crippen LogP contribution < -0.4 is 4.74 Å².